The second-order valence-electron chi connectivity index (χ2n) is 7.89. The van der Waals surface area contributed by atoms with Gasteiger partial charge in [-0.1, -0.05) is 35.9 Å². The summed E-state index contributed by atoms with van der Waals surface area (Å²) < 4.78 is 34.9. The number of alkyl halides is 1. The number of aromatic nitrogens is 1. The molecular weight excluding hydrogens is 470 g/mol. The van der Waals surface area contributed by atoms with E-state index in [0.717, 1.165) is 4.90 Å². The number of rotatable bonds is 6. The minimum atomic E-state index is -1.38. The first kappa shape index (κ1) is 23.5. The molecule has 0 spiro atoms. The van der Waals surface area contributed by atoms with Gasteiger partial charge in [0.2, 0.25) is 11.8 Å². The van der Waals surface area contributed by atoms with Gasteiger partial charge in [0.25, 0.3) is 0 Å². The van der Waals surface area contributed by atoms with Gasteiger partial charge in [0, 0.05) is 30.1 Å². The molecule has 2 heterocycles. The molecule has 3 aromatic rings. The lowest BCUT2D eigenvalue weighted by molar-refractivity contribution is -0.139. The van der Waals surface area contributed by atoms with Gasteiger partial charge in [-0.2, -0.15) is 0 Å². The average molecular weight is 491 g/mol. The predicted octanol–water partition coefficient (Wildman–Crippen LogP) is 3.15. The number of carbonyl (C=O) groups is 3. The minimum Gasteiger partial charge on any atom is -0.408 e. The smallest absolute Gasteiger partial charge is 0.408 e. The molecule has 2 atom stereocenters. The largest absolute Gasteiger partial charge is 0.410 e. The van der Waals surface area contributed by atoms with Gasteiger partial charge < -0.3 is 25.3 Å². The number of amides is 3. The highest BCUT2D eigenvalue weighted by molar-refractivity contribution is 6.30. The number of fused-ring (bicyclic) bond motifs is 1. The Kier molecular flexibility index (Phi) is 6.69. The van der Waals surface area contributed by atoms with Gasteiger partial charge >= 0.3 is 6.09 Å². The lowest BCUT2D eigenvalue weighted by Crippen LogP contribution is -2.46. The van der Waals surface area contributed by atoms with Crippen molar-refractivity contribution >= 4 is 40.4 Å². The Morgan fingerprint density at radius 1 is 1.18 bits per heavy atom. The molecule has 11 heteroatoms. The monoisotopic (exact) mass is 490 g/mol. The van der Waals surface area contributed by atoms with E-state index in [1.54, 1.807) is 30.3 Å². The van der Waals surface area contributed by atoms with Crippen molar-refractivity contribution in [1.29, 1.82) is 0 Å². The molecule has 1 aromatic heterocycles. The molecule has 4 rings (SSSR count). The van der Waals surface area contributed by atoms with Crippen molar-refractivity contribution in [2.45, 2.75) is 31.7 Å². The number of hydrogen-bond acceptors (Lipinski definition) is 4. The predicted molar refractivity (Wildman–Crippen MR) is 120 cm³/mol. The first-order chi connectivity index (χ1) is 16.2. The number of carbonyl (C=O) groups excluding carboxylic acids is 3. The van der Waals surface area contributed by atoms with E-state index in [9.17, 15) is 23.2 Å². The summed E-state index contributed by atoms with van der Waals surface area (Å²) in [4.78, 5) is 38.2. The maximum atomic E-state index is 14.2. The molecule has 3 amide bonds. The van der Waals surface area contributed by atoms with Crippen molar-refractivity contribution in [2.24, 2.45) is 5.73 Å². The van der Waals surface area contributed by atoms with E-state index in [-0.39, 0.29) is 42.4 Å². The normalized spacial score (nSPS) is 17.7. The third kappa shape index (κ3) is 4.81. The average Bonchev–Trinajstić information content (AvgIpc) is 3.35. The summed E-state index contributed by atoms with van der Waals surface area (Å²) in [6.07, 6.45) is -1.09. The molecule has 178 valence electrons. The third-order valence-electron chi connectivity index (χ3n) is 5.63. The van der Waals surface area contributed by atoms with Crippen LogP contribution >= 0.6 is 11.6 Å². The number of halogens is 3. The molecule has 0 aliphatic carbocycles. The Balaban J connectivity index is 1.49. The summed E-state index contributed by atoms with van der Waals surface area (Å²) in [6, 6.07) is 10.3. The van der Waals surface area contributed by atoms with Gasteiger partial charge in [0.05, 0.1) is 17.1 Å². The van der Waals surface area contributed by atoms with Crippen LogP contribution in [0.5, 0.6) is 5.75 Å². The summed E-state index contributed by atoms with van der Waals surface area (Å²) >= 11 is 5.76. The van der Waals surface area contributed by atoms with Crippen molar-refractivity contribution in [1.82, 2.24) is 14.8 Å². The number of para-hydroxylation sites is 1. The highest BCUT2D eigenvalue weighted by Gasteiger charge is 2.39. The van der Waals surface area contributed by atoms with Gasteiger partial charge in [-0.3, -0.25) is 9.59 Å². The Bertz CT molecular complexity index is 1260. The highest BCUT2D eigenvalue weighted by atomic mass is 35.5. The lowest BCUT2D eigenvalue weighted by Gasteiger charge is -2.24. The summed E-state index contributed by atoms with van der Waals surface area (Å²) in [5.41, 5.74) is 5.89. The van der Waals surface area contributed by atoms with Crippen LogP contribution in [0.15, 0.2) is 48.7 Å². The van der Waals surface area contributed by atoms with Crippen LogP contribution < -0.4 is 15.8 Å². The molecule has 0 saturated carbocycles. The van der Waals surface area contributed by atoms with Crippen LogP contribution in [0.25, 0.3) is 10.9 Å². The molecule has 1 fully saturated rings. The second-order valence-corrected chi connectivity index (χ2v) is 8.29. The first-order valence-corrected chi connectivity index (χ1v) is 10.8. The van der Waals surface area contributed by atoms with E-state index in [1.807, 2.05) is 0 Å². The molecular formula is C23H21ClF2N4O4. The topological polar surface area (TPSA) is 107 Å². The Hall–Kier alpha value is -3.66. The molecule has 0 bridgehead atoms. The van der Waals surface area contributed by atoms with Gasteiger partial charge in [-0.25, -0.2) is 13.6 Å². The zero-order chi connectivity index (χ0) is 24.4. The van der Waals surface area contributed by atoms with Crippen LogP contribution in [-0.2, 0) is 22.7 Å². The summed E-state index contributed by atoms with van der Waals surface area (Å²) in [7, 11) is 0. The quantitative estimate of drug-likeness (QED) is 0.553. The van der Waals surface area contributed by atoms with Crippen molar-refractivity contribution < 1.29 is 27.9 Å². The van der Waals surface area contributed by atoms with Crippen LogP contribution in [0, 0.1) is 5.82 Å². The zero-order valence-corrected chi connectivity index (χ0v) is 18.6. The molecule has 1 saturated heterocycles. The van der Waals surface area contributed by atoms with Gasteiger partial charge in [-0.15, -0.1) is 0 Å². The van der Waals surface area contributed by atoms with Crippen molar-refractivity contribution in [3.8, 4) is 5.75 Å². The van der Waals surface area contributed by atoms with Crippen molar-refractivity contribution in [3.05, 3.63) is 65.1 Å². The maximum absolute atomic E-state index is 14.2. The van der Waals surface area contributed by atoms with Gasteiger partial charge in [0.1, 0.15) is 24.6 Å². The van der Waals surface area contributed by atoms with Crippen LogP contribution in [0.4, 0.5) is 13.6 Å². The molecule has 0 unspecified atom stereocenters. The second kappa shape index (κ2) is 9.68. The lowest BCUT2D eigenvalue weighted by atomic mass is 10.1. The Morgan fingerprint density at radius 2 is 1.94 bits per heavy atom. The Morgan fingerprint density at radius 3 is 2.71 bits per heavy atom. The van der Waals surface area contributed by atoms with E-state index < -0.39 is 35.9 Å². The molecule has 3 N–H and O–H groups in total. The molecule has 1 aliphatic heterocycles. The van der Waals surface area contributed by atoms with Gasteiger partial charge in [-0.05, 0) is 18.2 Å². The summed E-state index contributed by atoms with van der Waals surface area (Å²) in [6.45, 7) is -0.620. The maximum Gasteiger partial charge on any atom is 0.410 e. The molecule has 1 aliphatic rings. The standard InChI is InChI=1S/C23H21ClF2N4O4/c24-16-6-3-4-13(21(16)26)9-28-22(32)18-8-14(25)10-30(18)20(31)12-29-11-19(34-23(27)33)15-5-1-2-7-17(15)29/h1-7,11,14,18H,8-10,12H2,(H2,27,33)(H,28,32)/t14-,18+/m1/s1. The number of likely N-dealkylation sites (tertiary alicyclic amines) is 1. The van der Waals surface area contributed by atoms with Crippen LogP contribution in [-0.4, -0.2) is 46.1 Å². The number of nitrogens with one attached hydrogen (secondary N) is 1. The summed E-state index contributed by atoms with van der Waals surface area (Å²) in [5, 5.41) is 3.05. The number of ether oxygens (including phenoxy) is 1. The SMILES string of the molecule is NC(=O)Oc1cn(CC(=O)N2C[C@H](F)C[C@H]2C(=O)NCc2cccc(Cl)c2F)c2ccccc12. The minimum absolute atomic E-state index is 0.0770. The summed E-state index contributed by atoms with van der Waals surface area (Å²) in [5.74, 6) is -1.57. The van der Waals surface area contributed by atoms with Crippen LogP contribution in [0.1, 0.15) is 12.0 Å². The number of hydrogen-bond donors (Lipinski definition) is 2. The number of nitrogens with zero attached hydrogens (tertiary/aromatic N) is 2. The zero-order valence-electron chi connectivity index (χ0n) is 17.8. The van der Waals surface area contributed by atoms with Crippen molar-refractivity contribution in [3.63, 3.8) is 0 Å². The molecule has 2 aromatic carbocycles. The van der Waals surface area contributed by atoms with E-state index in [0.29, 0.717) is 10.9 Å². The molecule has 34 heavy (non-hydrogen) atoms. The molecule has 0 radical (unpaired) electrons. The van der Waals surface area contributed by atoms with Crippen LogP contribution in [0.3, 0.4) is 0 Å². The Labute approximate surface area is 198 Å². The van der Waals surface area contributed by atoms with E-state index in [1.165, 1.54) is 22.9 Å². The third-order valence-corrected chi connectivity index (χ3v) is 5.92. The fourth-order valence-electron chi connectivity index (χ4n) is 4.06. The fourth-order valence-corrected chi connectivity index (χ4v) is 4.26. The van der Waals surface area contributed by atoms with Crippen molar-refractivity contribution in [2.75, 3.05) is 6.54 Å². The van der Waals surface area contributed by atoms with Crippen LogP contribution in [0.2, 0.25) is 5.02 Å². The van der Waals surface area contributed by atoms with Gasteiger partial charge in [0.15, 0.2) is 5.75 Å². The number of primary amides is 1. The van der Waals surface area contributed by atoms with E-state index >= 15 is 0 Å². The highest BCUT2D eigenvalue weighted by Crippen LogP contribution is 2.29. The fraction of sp³-hybridized carbons (Fsp3) is 0.261. The number of nitrogens with two attached hydrogens (primary N) is 1. The number of benzene rings is 2. The van der Waals surface area contributed by atoms with E-state index in [4.69, 9.17) is 22.1 Å². The molecule has 8 nitrogen and oxygen atoms in total. The van der Waals surface area contributed by atoms with E-state index in [2.05, 4.69) is 5.32 Å². The first-order valence-electron chi connectivity index (χ1n) is 10.4.